The summed E-state index contributed by atoms with van der Waals surface area (Å²) < 4.78 is 1.58. The fourth-order valence-electron chi connectivity index (χ4n) is 1.90. The molecular formula is C11H16Cl2N4OS. The van der Waals surface area contributed by atoms with Crippen molar-refractivity contribution in [2.75, 3.05) is 6.54 Å². The van der Waals surface area contributed by atoms with Gasteiger partial charge in [-0.3, -0.25) is 9.89 Å². The minimum absolute atomic E-state index is 0.105. The lowest BCUT2D eigenvalue weighted by molar-refractivity contribution is -0.122. The van der Waals surface area contributed by atoms with E-state index < -0.39 is 4.33 Å². The van der Waals surface area contributed by atoms with Crippen LogP contribution in [0.2, 0.25) is 0 Å². The number of amides is 1. The number of carbonyl (C=O) groups is 1. The summed E-state index contributed by atoms with van der Waals surface area (Å²) in [6.07, 6.45) is 0.518. The van der Waals surface area contributed by atoms with Crippen molar-refractivity contribution >= 4 is 41.3 Å². The van der Waals surface area contributed by atoms with E-state index in [-0.39, 0.29) is 17.7 Å². The van der Waals surface area contributed by atoms with E-state index >= 15 is 0 Å². The summed E-state index contributed by atoms with van der Waals surface area (Å²) in [5.41, 5.74) is 0. The Kier molecular flexibility index (Phi) is 4.23. The maximum absolute atomic E-state index is 11.7. The van der Waals surface area contributed by atoms with Crippen LogP contribution in [0.4, 0.5) is 0 Å². The van der Waals surface area contributed by atoms with E-state index in [9.17, 15) is 4.79 Å². The number of halogens is 2. The van der Waals surface area contributed by atoms with E-state index in [1.807, 2.05) is 18.4 Å². The van der Waals surface area contributed by atoms with Crippen LogP contribution < -0.4 is 5.32 Å². The van der Waals surface area contributed by atoms with E-state index in [0.29, 0.717) is 24.3 Å². The lowest BCUT2D eigenvalue weighted by atomic mass is 10.2. The van der Waals surface area contributed by atoms with Crippen LogP contribution in [0.3, 0.4) is 0 Å². The van der Waals surface area contributed by atoms with Gasteiger partial charge in [-0.1, -0.05) is 13.8 Å². The Morgan fingerprint density at radius 1 is 1.68 bits per heavy atom. The highest BCUT2D eigenvalue weighted by atomic mass is 35.5. The van der Waals surface area contributed by atoms with Gasteiger partial charge in [-0.2, -0.15) is 5.10 Å². The van der Waals surface area contributed by atoms with Crippen LogP contribution >= 0.6 is 35.4 Å². The summed E-state index contributed by atoms with van der Waals surface area (Å²) in [6, 6.07) is 0. The summed E-state index contributed by atoms with van der Waals surface area (Å²) in [7, 11) is 0. The van der Waals surface area contributed by atoms with Gasteiger partial charge in [0, 0.05) is 19.0 Å². The van der Waals surface area contributed by atoms with Crippen LogP contribution in [0, 0.1) is 10.7 Å². The highest BCUT2D eigenvalue weighted by Crippen LogP contribution is 2.53. The third-order valence-electron chi connectivity index (χ3n) is 3.08. The molecule has 2 N–H and O–H groups in total. The molecule has 1 heterocycles. The van der Waals surface area contributed by atoms with Crippen molar-refractivity contribution in [3.63, 3.8) is 0 Å². The van der Waals surface area contributed by atoms with Crippen LogP contribution in [-0.4, -0.2) is 31.5 Å². The maximum atomic E-state index is 11.7. The van der Waals surface area contributed by atoms with Gasteiger partial charge in [0.2, 0.25) is 5.91 Å². The minimum Gasteiger partial charge on any atom is -0.354 e. The Labute approximate surface area is 126 Å². The Balaban J connectivity index is 1.88. The second kappa shape index (κ2) is 5.42. The standard InChI is InChI=1S/C11H16Cl2N4OS/c1-6(2)8-15-16-10(19)17(8)4-3-14-9(18)7-5-11(7,12)13/h6-7H,3-5H2,1-2H3,(H,14,18)(H,16,19)/t7-/m1/s1. The summed E-state index contributed by atoms with van der Waals surface area (Å²) in [4.78, 5) is 11.7. The first kappa shape index (κ1) is 14.8. The zero-order chi connectivity index (χ0) is 14.2. The van der Waals surface area contributed by atoms with Crippen molar-refractivity contribution < 1.29 is 4.79 Å². The second-order valence-electron chi connectivity index (χ2n) is 5.00. The molecule has 0 spiro atoms. The quantitative estimate of drug-likeness (QED) is 0.646. The molecule has 0 radical (unpaired) electrons. The summed E-state index contributed by atoms with van der Waals surface area (Å²) >= 11 is 16.8. The number of rotatable bonds is 5. The van der Waals surface area contributed by atoms with Crippen molar-refractivity contribution in [2.24, 2.45) is 5.92 Å². The summed E-state index contributed by atoms with van der Waals surface area (Å²) in [6.45, 7) is 5.14. The molecule has 0 aliphatic heterocycles. The molecule has 1 aliphatic carbocycles. The Hall–Kier alpha value is -0.590. The number of aromatic amines is 1. The van der Waals surface area contributed by atoms with E-state index in [1.54, 1.807) is 0 Å². The minimum atomic E-state index is -0.876. The lowest BCUT2D eigenvalue weighted by Crippen LogP contribution is -2.30. The summed E-state index contributed by atoms with van der Waals surface area (Å²) in [5, 5.41) is 9.76. The number of hydrogen-bond acceptors (Lipinski definition) is 3. The fraction of sp³-hybridized carbons (Fsp3) is 0.727. The molecule has 19 heavy (non-hydrogen) atoms. The molecule has 1 aromatic rings. The SMILES string of the molecule is CC(C)c1n[nH]c(=S)n1CCNC(=O)[C@H]1CC1(Cl)Cl. The average Bonchev–Trinajstić information content (AvgIpc) is 2.79. The number of aromatic nitrogens is 3. The molecule has 0 aromatic carbocycles. The van der Waals surface area contributed by atoms with Gasteiger partial charge in [0.25, 0.3) is 0 Å². The third-order valence-corrected chi connectivity index (χ3v) is 4.23. The Morgan fingerprint density at radius 2 is 2.32 bits per heavy atom. The van der Waals surface area contributed by atoms with Gasteiger partial charge >= 0.3 is 0 Å². The van der Waals surface area contributed by atoms with E-state index in [0.717, 1.165) is 5.82 Å². The lowest BCUT2D eigenvalue weighted by Gasteiger charge is -2.10. The number of nitrogens with zero attached hydrogens (tertiary/aromatic N) is 2. The molecule has 1 amide bonds. The zero-order valence-electron chi connectivity index (χ0n) is 10.7. The zero-order valence-corrected chi connectivity index (χ0v) is 13.1. The smallest absolute Gasteiger partial charge is 0.226 e. The number of nitrogens with one attached hydrogen (secondary N) is 2. The number of carbonyl (C=O) groups excluding carboxylic acids is 1. The van der Waals surface area contributed by atoms with Crippen molar-refractivity contribution in [3.05, 3.63) is 10.6 Å². The molecule has 2 rings (SSSR count). The molecule has 1 aliphatic rings. The van der Waals surface area contributed by atoms with Crippen molar-refractivity contribution in [1.29, 1.82) is 0 Å². The fourth-order valence-corrected chi connectivity index (χ4v) is 2.64. The van der Waals surface area contributed by atoms with Crippen LogP contribution in [-0.2, 0) is 11.3 Å². The number of alkyl halides is 2. The summed E-state index contributed by atoms with van der Waals surface area (Å²) in [5.74, 6) is 0.754. The molecule has 1 saturated carbocycles. The van der Waals surface area contributed by atoms with Gasteiger partial charge in [0.15, 0.2) is 4.77 Å². The van der Waals surface area contributed by atoms with Gasteiger partial charge in [-0.15, -0.1) is 23.2 Å². The first-order valence-corrected chi connectivity index (χ1v) is 7.30. The predicted molar refractivity (Wildman–Crippen MR) is 77.1 cm³/mol. The van der Waals surface area contributed by atoms with Crippen LogP contribution in [0.1, 0.15) is 32.0 Å². The van der Waals surface area contributed by atoms with Gasteiger partial charge in [0.1, 0.15) is 10.2 Å². The third kappa shape index (κ3) is 3.30. The predicted octanol–water partition coefficient (Wildman–Crippen LogP) is 2.37. The average molecular weight is 323 g/mol. The normalized spacial score (nSPS) is 20.6. The molecule has 8 heteroatoms. The largest absolute Gasteiger partial charge is 0.354 e. The molecule has 5 nitrogen and oxygen atoms in total. The molecule has 1 fully saturated rings. The van der Waals surface area contributed by atoms with Gasteiger partial charge in [-0.25, -0.2) is 0 Å². The molecule has 1 atom stereocenters. The highest BCUT2D eigenvalue weighted by molar-refractivity contribution is 7.71. The molecule has 0 saturated heterocycles. The van der Waals surface area contributed by atoms with E-state index in [2.05, 4.69) is 15.5 Å². The van der Waals surface area contributed by atoms with Gasteiger partial charge in [0.05, 0.1) is 5.92 Å². The number of hydrogen-bond donors (Lipinski definition) is 2. The molecule has 106 valence electrons. The van der Waals surface area contributed by atoms with Crippen LogP contribution in [0.5, 0.6) is 0 Å². The van der Waals surface area contributed by atoms with Crippen LogP contribution in [0.25, 0.3) is 0 Å². The second-order valence-corrected chi connectivity index (χ2v) is 6.93. The maximum Gasteiger partial charge on any atom is 0.226 e. The van der Waals surface area contributed by atoms with E-state index in [1.165, 1.54) is 0 Å². The van der Waals surface area contributed by atoms with Crippen molar-refractivity contribution in [2.45, 2.75) is 37.1 Å². The first-order chi connectivity index (χ1) is 8.83. The van der Waals surface area contributed by atoms with Crippen molar-refractivity contribution in [3.8, 4) is 0 Å². The van der Waals surface area contributed by atoms with Crippen molar-refractivity contribution in [1.82, 2.24) is 20.1 Å². The molecule has 0 unspecified atom stereocenters. The Morgan fingerprint density at radius 3 is 2.84 bits per heavy atom. The monoisotopic (exact) mass is 322 g/mol. The topological polar surface area (TPSA) is 62.7 Å². The highest BCUT2D eigenvalue weighted by Gasteiger charge is 2.56. The molecular weight excluding hydrogens is 307 g/mol. The Bertz CT molecular complexity index is 537. The van der Waals surface area contributed by atoms with E-state index in [4.69, 9.17) is 35.4 Å². The van der Waals surface area contributed by atoms with Crippen LogP contribution in [0.15, 0.2) is 0 Å². The molecule has 1 aromatic heterocycles. The first-order valence-electron chi connectivity index (χ1n) is 6.13. The molecule has 0 bridgehead atoms. The number of H-pyrrole nitrogens is 1. The van der Waals surface area contributed by atoms with Gasteiger partial charge < -0.3 is 9.88 Å². The van der Waals surface area contributed by atoms with Gasteiger partial charge in [-0.05, 0) is 18.6 Å².